The second-order valence-corrected chi connectivity index (χ2v) is 14.4. The summed E-state index contributed by atoms with van der Waals surface area (Å²) >= 11 is 12.4. The molecule has 2 amide bonds. The highest BCUT2D eigenvalue weighted by Gasteiger charge is 2.34. The van der Waals surface area contributed by atoms with Crippen LogP contribution < -0.4 is 5.32 Å². The molecule has 226 valence electrons. The molecule has 0 spiro atoms. The first-order chi connectivity index (χ1) is 20.5. The molecule has 4 heterocycles. The van der Waals surface area contributed by atoms with Crippen molar-refractivity contribution in [1.29, 1.82) is 0 Å². The number of likely N-dealkylation sites (tertiary alicyclic amines) is 2. The summed E-state index contributed by atoms with van der Waals surface area (Å²) in [4.78, 5) is 34.8. The molecule has 2 saturated heterocycles. The van der Waals surface area contributed by atoms with Gasteiger partial charge in [-0.3, -0.25) is 9.59 Å². The molecule has 11 heteroatoms. The van der Waals surface area contributed by atoms with Gasteiger partial charge in [0.25, 0.3) is 11.8 Å². The molecule has 2 fully saturated rings. The Balaban J connectivity index is 1.29. The number of aromatic nitrogens is 1. The predicted molar refractivity (Wildman–Crippen MR) is 170 cm³/mol. The van der Waals surface area contributed by atoms with Crippen molar-refractivity contribution in [1.82, 2.24) is 14.8 Å². The molecule has 2 N–H and O–H groups in total. The molecular formula is C32H34Cl2N4O4S. The third-order valence-electron chi connectivity index (χ3n) is 8.79. The molecule has 2 aromatic carbocycles. The predicted octanol–water partition coefficient (Wildman–Crippen LogP) is 6.11. The molecule has 6 rings (SSSR count). The van der Waals surface area contributed by atoms with Gasteiger partial charge in [-0.1, -0.05) is 35.3 Å². The summed E-state index contributed by atoms with van der Waals surface area (Å²) in [6.45, 7) is 7.61. The molecule has 3 aliphatic rings. The zero-order valence-corrected chi connectivity index (χ0v) is 26.5. The summed E-state index contributed by atoms with van der Waals surface area (Å²) in [6.07, 6.45) is 6.14. The van der Waals surface area contributed by atoms with Crippen LogP contribution >= 0.6 is 23.2 Å². The van der Waals surface area contributed by atoms with Crippen molar-refractivity contribution in [2.24, 2.45) is 0 Å². The minimum absolute atomic E-state index is 0.0157. The zero-order chi connectivity index (χ0) is 30.5. The number of carbonyl (C=O) groups is 2. The molecule has 0 radical (unpaired) electrons. The van der Waals surface area contributed by atoms with Gasteiger partial charge < -0.3 is 20.1 Å². The Hall–Kier alpha value is -3.11. The van der Waals surface area contributed by atoms with Crippen LogP contribution in [-0.4, -0.2) is 67.2 Å². The highest BCUT2D eigenvalue weighted by molar-refractivity contribution is 7.90. The monoisotopic (exact) mass is 640 g/mol. The molecule has 3 aliphatic heterocycles. The highest BCUT2D eigenvalue weighted by Crippen LogP contribution is 2.37. The molecule has 3 aromatic rings. The van der Waals surface area contributed by atoms with E-state index >= 15 is 0 Å². The summed E-state index contributed by atoms with van der Waals surface area (Å²) in [5, 5.41) is 3.31. The van der Waals surface area contributed by atoms with Crippen LogP contribution in [0.4, 0.5) is 5.69 Å². The Morgan fingerprint density at radius 1 is 1.07 bits per heavy atom. The Bertz CT molecular complexity index is 1760. The van der Waals surface area contributed by atoms with Gasteiger partial charge in [-0.2, -0.15) is 0 Å². The summed E-state index contributed by atoms with van der Waals surface area (Å²) in [5.41, 5.74) is 4.51. The smallest absolute Gasteiger partial charge is 0.256 e. The topological polar surface area (TPSA) is 103 Å². The molecule has 43 heavy (non-hydrogen) atoms. The van der Waals surface area contributed by atoms with E-state index in [1.54, 1.807) is 30.3 Å². The quantitative estimate of drug-likeness (QED) is 0.304. The van der Waals surface area contributed by atoms with E-state index < -0.39 is 9.84 Å². The average molecular weight is 642 g/mol. The minimum atomic E-state index is -3.80. The Morgan fingerprint density at radius 3 is 2.60 bits per heavy atom. The van der Waals surface area contributed by atoms with Gasteiger partial charge in [-0.05, 0) is 94.1 Å². The van der Waals surface area contributed by atoms with Crippen LogP contribution in [0.5, 0.6) is 0 Å². The first-order valence-corrected chi connectivity index (χ1v) is 17.0. The van der Waals surface area contributed by atoms with Gasteiger partial charge in [0, 0.05) is 41.8 Å². The third kappa shape index (κ3) is 5.76. The zero-order valence-electron chi connectivity index (χ0n) is 24.2. The minimum Gasteiger partial charge on any atom is -0.358 e. The van der Waals surface area contributed by atoms with E-state index in [0.29, 0.717) is 33.6 Å². The van der Waals surface area contributed by atoms with Crippen LogP contribution in [0.15, 0.2) is 41.3 Å². The molecular weight excluding hydrogens is 607 g/mol. The van der Waals surface area contributed by atoms with Gasteiger partial charge in [-0.25, -0.2) is 8.42 Å². The number of sulfone groups is 1. The number of amides is 2. The van der Waals surface area contributed by atoms with Gasteiger partial charge in [0.1, 0.15) is 0 Å². The van der Waals surface area contributed by atoms with Crippen molar-refractivity contribution < 1.29 is 18.0 Å². The van der Waals surface area contributed by atoms with E-state index in [0.717, 1.165) is 50.3 Å². The van der Waals surface area contributed by atoms with Crippen LogP contribution in [0.2, 0.25) is 10.0 Å². The number of carbonyl (C=O) groups excluding carboxylic acids is 2. The normalized spacial score (nSPS) is 19.8. The standard InChI is InChI=1S/C32H34Cl2N4O4S/c1-19-28(35-20(2)29(19)32(40)38-14-6-8-22(38)17-37-12-3-4-13-37)16-25-24-15-23(10-11-27(24)36-31(25)39)43(41,42)18-21-7-5-9-26(33)30(21)34/h5,7,9-11,15-16,22,35H,3-4,6,8,12-14,17-18H2,1-2H3,(H,36,39)/b25-16-/t22-/m0/s1. The van der Waals surface area contributed by atoms with Gasteiger partial charge in [0.2, 0.25) is 0 Å². The van der Waals surface area contributed by atoms with E-state index in [2.05, 4.69) is 15.2 Å². The van der Waals surface area contributed by atoms with Crippen LogP contribution in [-0.2, 0) is 20.4 Å². The lowest BCUT2D eigenvalue weighted by molar-refractivity contribution is -0.110. The van der Waals surface area contributed by atoms with Crippen molar-refractivity contribution in [2.45, 2.75) is 56.2 Å². The number of fused-ring (bicyclic) bond motifs is 1. The summed E-state index contributed by atoms with van der Waals surface area (Å²) in [5.74, 6) is -0.657. The maximum Gasteiger partial charge on any atom is 0.256 e. The molecule has 8 nitrogen and oxygen atoms in total. The second kappa shape index (κ2) is 11.8. The fraction of sp³-hybridized carbons (Fsp3) is 0.375. The molecule has 1 atom stereocenters. The number of halogens is 2. The van der Waals surface area contributed by atoms with Crippen molar-refractivity contribution in [3.8, 4) is 0 Å². The van der Waals surface area contributed by atoms with Crippen molar-refractivity contribution in [3.05, 3.63) is 80.1 Å². The van der Waals surface area contributed by atoms with E-state index in [4.69, 9.17) is 23.2 Å². The largest absolute Gasteiger partial charge is 0.358 e. The van der Waals surface area contributed by atoms with Crippen LogP contribution in [0.25, 0.3) is 11.6 Å². The second-order valence-electron chi connectivity index (χ2n) is 11.7. The first-order valence-electron chi connectivity index (χ1n) is 14.6. The summed E-state index contributed by atoms with van der Waals surface area (Å²) < 4.78 is 26.7. The van der Waals surface area contributed by atoms with Crippen molar-refractivity contribution >= 4 is 62.2 Å². The molecule has 0 bridgehead atoms. The molecule has 0 aliphatic carbocycles. The van der Waals surface area contributed by atoms with E-state index in [1.165, 1.54) is 25.0 Å². The number of H-pyrrole nitrogens is 1. The summed E-state index contributed by atoms with van der Waals surface area (Å²) in [7, 11) is -3.80. The van der Waals surface area contributed by atoms with Gasteiger partial charge in [0.05, 0.1) is 31.8 Å². The Kier molecular flexibility index (Phi) is 8.19. The van der Waals surface area contributed by atoms with E-state index in [9.17, 15) is 18.0 Å². The van der Waals surface area contributed by atoms with Crippen molar-refractivity contribution in [3.63, 3.8) is 0 Å². The number of anilines is 1. The van der Waals surface area contributed by atoms with E-state index in [-0.39, 0.29) is 38.5 Å². The number of aromatic amines is 1. The molecule has 0 unspecified atom stereocenters. The molecule has 0 saturated carbocycles. The average Bonchev–Trinajstić information content (AvgIpc) is 3.75. The maximum atomic E-state index is 13.8. The lowest BCUT2D eigenvalue weighted by Gasteiger charge is -2.28. The van der Waals surface area contributed by atoms with Crippen LogP contribution in [0, 0.1) is 13.8 Å². The lowest BCUT2D eigenvalue weighted by Crippen LogP contribution is -2.42. The van der Waals surface area contributed by atoms with Crippen LogP contribution in [0.1, 0.15) is 64.1 Å². The van der Waals surface area contributed by atoms with Gasteiger partial charge in [-0.15, -0.1) is 0 Å². The van der Waals surface area contributed by atoms with E-state index in [1.807, 2.05) is 18.7 Å². The highest BCUT2D eigenvalue weighted by atomic mass is 35.5. The number of rotatable bonds is 7. The fourth-order valence-electron chi connectivity index (χ4n) is 6.54. The Morgan fingerprint density at radius 2 is 1.84 bits per heavy atom. The Labute approximate surface area is 262 Å². The number of aryl methyl sites for hydroxylation is 1. The van der Waals surface area contributed by atoms with Crippen LogP contribution in [0.3, 0.4) is 0 Å². The summed E-state index contributed by atoms with van der Waals surface area (Å²) in [6, 6.07) is 9.67. The first kappa shape index (κ1) is 29.9. The number of hydrogen-bond donors (Lipinski definition) is 2. The van der Waals surface area contributed by atoms with Gasteiger partial charge >= 0.3 is 0 Å². The number of nitrogens with zero attached hydrogens (tertiary/aromatic N) is 2. The third-order valence-corrected chi connectivity index (χ3v) is 11.3. The maximum absolute atomic E-state index is 13.8. The van der Waals surface area contributed by atoms with Gasteiger partial charge in [0.15, 0.2) is 9.84 Å². The fourth-order valence-corrected chi connectivity index (χ4v) is 8.39. The van der Waals surface area contributed by atoms with Crippen molar-refractivity contribution in [2.75, 3.05) is 31.5 Å². The lowest BCUT2D eigenvalue weighted by atomic mass is 10.0. The number of hydrogen-bond acceptors (Lipinski definition) is 5. The number of nitrogens with one attached hydrogen (secondary N) is 2. The number of benzene rings is 2. The SMILES string of the molecule is Cc1[nH]c(/C=C2\C(=O)Nc3ccc(S(=O)(=O)Cc4cccc(Cl)c4Cl)cc32)c(C)c1C(=O)N1CCC[C@H]1CN1CCCC1. The molecule has 1 aromatic heterocycles.